The molecule has 1 aliphatic rings. The van der Waals surface area contributed by atoms with E-state index in [-0.39, 0.29) is 11.9 Å². The molecule has 1 amide bonds. The van der Waals surface area contributed by atoms with Gasteiger partial charge < -0.3 is 10.6 Å². The highest BCUT2D eigenvalue weighted by molar-refractivity contribution is 5.98. The number of aryl methyl sites for hydroxylation is 2. The Bertz CT molecular complexity index is 712. The number of fused-ring (bicyclic) bond motifs is 1. The van der Waals surface area contributed by atoms with Crippen LogP contribution in [0.3, 0.4) is 0 Å². The van der Waals surface area contributed by atoms with Gasteiger partial charge in [-0.05, 0) is 55.9 Å². The molecule has 4 heteroatoms. The van der Waals surface area contributed by atoms with E-state index in [4.69, 9.17) is 0 Å². The maximum Gasteiger partial charge on any atom is 0.255 e. The van der Waals surface area contributed by atoms with E-state index in [0.29, 0.717) is 11.4 Å². The minimum absolute atomic E-state index is 0.0498. The third kappa shape index (κ3) is 3.52. The van der Waals surface area contributed by atoms with Gasteiger partial charge in [-0.3, -0.25) is 4.79 Å². The molecule has 0 bridgehead atoms. The fraction of sp³-hybridized carbons (Fsp3) is 0.368. The number of benzene rings is 1. The monoisotopic (exact) mass is 309 g/mol. The molecule has 0 aliphatic heterocycles. The normalized spacial score (nSPS) is 17.0. The summed E-state index contributed by atoms with van der Waals surface area (Å²) in [6, 6.07) is 12.4. The van der Waals surface area contributed by atoms with Crippen LogP contribution in [0.5, 0.6) is 0 Å². The van der Waals surface area contributed by atoms with Crippen LogP contribution in [0.15, 0.2) is 36.4 Å². The second-order valence-corrected chi connectivity index (χ2v) is 6.13. The largest absolute Gasteiger partial charge is 0.372 e. The topological polar surface area (TPSA) is 54.0 Å². The van der Waals surface area contributed by atoms with Crippen molar-refractivity contribution in [3.8, 4) is 0 Å². The zero-order chi connectivity index (χ0) is 16.2. The lowest BCUT2D eigenvalue weighted by Gasteiger charge is -2.18. The molecular formula is C19H23N3O. The first-order chi connectivity index (χ1) is 11.2. The van der Waals surface area contributed by atoms with Gasteiger partial charge in [0.05, 0.1) is 5.56 Å². The van der Waals surface area contributed by atoms with Gasteiger partial charge in [0.2, 0.25) is 0 Å². The molecule has 1 aliphatic carbocycles. The molecule has 0 spiro atoms. The Morgan fingerprint density at radius 3 is 2.74 bits per heavy atom. The van der Waals surface area contributed by atoms with Crippen molar-refractivity contribution in [3.63, 3.8) is 0 Å². The van der Waals surface area contributed by atoms with E-state index >= 15 is 0 Å². The van der Waals surface area contributed by atoms with Crippen molar-refractivity contribution in [2.45, 2.75) is 38.6 Å². The Morgan fingerprint density at radius 2 is 1.96 bits per heavy atom. The zero-order valence-electron chi connectivity index (χ0n) is 13.7. The van der Waals surface area contributed by atoms with Crippen LogP contribution in [-0.2, 0) is 12.8 Å². The molecule has 0 saturated carbocycles. The van der Waals surface area contributed by atoms with E-state index in [9.17, 15) is 4.79 Å². The molecule has 0 fully saturated rings. The SMILES string of the molecule is CNc1nc(C)ccc1C(=O)NC1CCCc2ccccc2C1. The lowest BCUT2D eigenvalue weighted by atomic mass is 10.0. The highest BCUT2D eigenvalue weighted by Gasteiger charge is 2.20. The highest BCUT2D eigenvalue weighted by Crippen LogP contribution is 2.21. The van der Waals surface area contributed by atoms with Crippen LogP contribution in [0, 0.1) is 6.92 Å². The van der Waals surface area contributed by atoms with Crippen LogP contribution in [0.4, 0.5) is 5.82 Å². The standard InChI is InChI=1S/C19H23N3O/c1-13-10-11-17(18(20-2)21-13)19(23)22-16-9-5-8-14-6-3-4-7-15(14)12-16/h3-4,6-7,10-11,16H,5,8-9,12H2,1-2H3,(H,20,21)(H,22,23). The van der Waals surface area contributed by atoms with Crippen LogP contribution in [-0.4, -0.2) is 24.0 Å². The molecule has 120 valence electrons. The number of nitrogens with zero attached hydrogens (tertiary/aromatic N) is 1. The summed E-state index contributed by atoms with van der Waals surface area (Å²) in [6.07, 6.45) is 4.11. The average molecular weight is 309 g/mol. The van der Waals surface area contributed by atoms with Crippen LogP contribution in [0.1, 0.15) is 40.0 Å². The first-order valence-corrected chi connectivity index (χ1v) is 8.20. The first-order valence-electron chi connectivity index (χ1n) is 8.20. The molecule has 1 aromatic heterocycles. The van der Waals surface area contributed by atoms with Crippen LogP contribution in [0.25, 0.3) is 0 Å². The number of amides is 1. The predicted octanol–water partition coefficient (Wildman–Crippen LogP) is 3.11. The summed E-state index contributed by atoms with van der Waals surface area (Å²) in [5.74, 6) is 0.586. The van der Waals surface area contributed by atoms with E-state index in [2.05, 4.69) is 39.9 Å². The number of pyridine rings is 1. The summed E-state index contributed by atoms with van der Waals surface area (Å²) in [5, 5.41) is 6.20. The summed E-state index contributed by atoms with van der Waals surface area (Å²) in [4.78, 5) is 17.0. The molecule has 1 atom stereocenters. The number of aromatic nitrogens is 1. The number of rotatable bonds is 3. The third-order valence-corrected chi connectivity index (χ3v) is 4.43. The summed E-state index contributed by atoms with van der Waals surface area (Å²) < 4.78 is 0. The first kappa shape index (κ1) is 15.5. The molecule has 2 aromatic rings. The molecule has 0 saturated heterocycles. The van der Waals surface area contributed by atoms with Gasteiger partial charge in [-0.2, -0.15) is 0 Å². The minimum atomic E-state index is -0.0498. The molecule has 3 rings (SSSR count). The van der Waals surface area contributed by atoms with E-state index in [1.165, 1.54) is 11.1 Å². The maximum atomic E-state index is 12.6. The Morgan fingerprint density at radius 1 is 1.17 bits per heavy atom. The van der Waals surface area contributed by atoms with Crippen molar-refractivity contribution in [2.24, 2.45) is 0 Å². The summed E-state index contributed by atoms with van der Waals surface area (Å²) in [6.45, 7) is 1.92. The zero-order valence-corrected chi connectivity index (χ0v) is 13.7. The Kier molecular flexibility index (Phi) is 4.60. The Labute approximate surface area is 137 Å². The number of hydrogen-bond acceptors (Lipinski definition) is 3. The van der Waals surface area contributed by atoms with Crippen LogP contribution in [0.2, 0.25) is 0 Å². The molecule has 1 heterocycles. The number of nitrogens with one attached hydrogen (secondary N) is 2. The second-order valence-electron chi connectivity index (χ2n) is 6.13. The fourth-order valence-corrected chi connectivity index (χ4v) is 3.22. The number of anilines is 1. The van der Waals surface area contributed by atoms with Crippen LogP contribution >= 0.6 is 0 Å². The van der Waals surface area contributed by atoms with Crippen LogP contribution < -0.4 is 10.6 Å². The van der Waals surface area contributed by atoms with Gasteiger partial charge in [-0.15, -0.1) is 0 Å². The Hall–Kier alpha value is -2.36. The lowest BCUT2D eigenvalue weighted by Crippen LogP contribution is -2.36. The van der Waals surface area contributed by atoms with E-state index in [0.717, 1.165) is 31.4 Å². The van der Waals surface area contributed by atoms with Gasteiger partial charge in [-0.1, -0.05) is 24.3 Å². The quantitative estimate of drug-likeness (QED) is 0.857. The average Bonchev–Trinajstić information content (AvgIpc) is 2.76. The molecular weight excluding hydrogens is 286 g/mol. The smallest absolute Gasteiger partial charge is 0.255 e. The van der Waals surface area contributed by atoms with E-state index in [1.54, 1.807) is 7.05 Å². The summed E-state index contributed by atoms with van der Waals surface area (Å²) in [7, 11) is 1.79. The molecule has 23 heavy (non-hydrogen) atoms. The minimum Gasteiger partial charge on any atom is -0.372 e. The van der Waals surface area contributed by atoms with Crippen molar-refractivity contribution in [3.05, 3.63) is 58.8 Å². The van der Waals surface area contributed by atoms with Gasteiger partial charge in [0.15, 0.2) is 0 Å². The summed E-state index contributed by atoms with van der Waals surface area (Å²) in [5.41, 5.74) is 4.27. The molecule has 1 unspecified atom stereocenters. The number of hydrogen-bond donors (Lipinski definition) is 2. The predicted molar refractivity (Wildman–Crippen MR) is 92.9 cm³/mol. The van der Waals surface area contributed by atoms with Crippen molar-refractivity contribution < 1.29 is 4.79 Å². The Balaban J connectivity index is 1.76. The van der Waals surface area contributed by atoms with Crippen molar-refractivity contribution >= 4 is 11.7 Å². The van der Waals surface area contributed by atoms with Gasteiger partial charge in [-0.25, -0.2) is 4.98 Å². The summed E-state index contributed by atoms with van der Waals surface area (Å²) >= 11 is 0. The van der Waals surface area contributed by atoms with Crippen molar-refractivity contribution in [2.75, 3.05) is 12.4 Å². The van der Waals surface area contributed by atoms with Gasteiger partial charge in [0.1, 0.15) is 5.82 Å². The van der Waals surface area contributed by atoms with Gasteiger partial charge >= 0.3 is 0 Å². The lowest BCUT2D eigenvalue weighted by molar-refractivity contribution is 0.0935. The van der Waals surface area contributed by atoms with Gasteiger partial charge in [0.25, 0.3) is 5.91 Å². The van der Waals surface area contributed by atoms with Gasteiger partial charge in [0, 0.05) is 18.8 Å². The van der Waals surface area contributed by atoms with Crippen molar-refractivity contribution in [1.82, 2.24) is 10.3 Å². The molecule has 1 aromatic carbocycles. The molecule has 2 N–H and O–H groups in total. The third-order valence-electron chi connectivity index (χ3n) is 4.43. The molecule has 4 nitrogen and oxygen atoms in total. The maximum absolute atomic E-state index is 12.6. The highest BCUT2D eigenvalue weighted by atomic mass is 16.1. The fourth-order valence-electron chi connectivity index (χ4n) is 3.22. The van der Waals surface area contributed by atoms with Crippen molar-refractivity contribution in [1.29, 1.82) is 0 Å². The number of carbonyl (C=O) groups is 1. The van der Waals surface area contributed by atoms with E-state index < -0.39 is 0 Å². The molecule has 0 radical (unpaired) electrons. The second kappa shape index (κ2) is 6.82. The van der Waals surface area contributed by atoms with E-state index in [1.807, 2.05) is 19.1 Å². The number of carbonyl (C=O) groups excluding carboxylic acids is 1.